The number of benzene rings is 3. The molecule has 60 heavy (non-hydrogen) atoms. The first-order valence-corrected chi connectivity index (χ1v) is 19.9. The Morgan fingerprint density at radius 3 is 2.03 bits per heavy atom. The minimum Gasteiger partial charge on any atom is -0.507 e. The molecule has 3 aliphatic heterocycles. The second kappa shape index (κ2) is 17.4. The number of phenolic OH excluding ortho intramolecular Hbond substituents is 1. The molecule has 7 rings (SSSR count). The highest BCUT2D eigenvalue weighted by Crippen LogP contribution is 2.48. The van der Waals surface area contributed by atoms with Crippen LogP contribution in [0.25, 0.3) is 11.1 Å². The summed E-state index contributed by atoms with van der Waals surface area (Å²) in [6, 6.07) is 16.6. The predicted molar refractivity (Wildman–Crippen MR) is 224 cm³/mol. The Hall–Kier alpha value is -5.86. The SMILES string of the molecule is CO[C@H]1/C=C/O[C@@]2(C)Oc3c(C)c(O)c4c(c3C2=O)C(=O)C(Nc2ccc(-c3ccccc3)cc2)=C(NC(=O)/C(C)=C\C=C\[C@H](C)[C@H](O)[C@@H](C)[C@H](O)[C@H](C)[C@H](O)[C@@H]1C)C4=O. The van der Waals surface area contributed by atoms with Crippen molar-refractivity contribution in [3.8, 4) is 22.6 Å². The molecule has 6 N–H and O–H groups in total. The van der Waals surface area contributed by atoms with E-state index in [2.05, 4.69) is 10.6 Å². The van der Waals surface area contributed by atoms with Crippen molar-refractivity contribution in [3.05, 3.63) is 124 Å². The van der Waals surface area contributed by atoms with Crippen molar-refractivity contribution in [2.45, 2.75) is 78.7 Å². The van der Waals surface area contributed by atoms with Crippen LogP contribution in [0.5, 0.6) is 11.5 Å². The zero-order chi connectivity index (χ0) is 43.8. The van der Waals surface area contributed by atoms with E-state index in [1.807, 2.05) is 42.5 Å². The maximum atomic E-state index is 14.8. The molecule has 9 atom stereocenters. The van der Waals surface area contributed by atoms with Gasteiger partial charge in [-0.15, -0.1) is 0 Å². The van der Waals surface area contributed by atoms with Crippen LogP contribution in [-0.2, 0) is 14.3 Å². The van der Waals surface area contributed by atoms with Crippen LogP contribution < -0.4 is 15.4 Å². The van der Waals surface area contributed by atoms with E-state index in [9.17, 15) is 39.6 Å². The molecule has 0 saturated heterocycles. The van der Waals surface area contributed by atoms with Crippen LogP contribution in [0.1, 0.15) is 78.2 Å². The Labute approximate surface area is 349 Å². The van der Waals surface area contributed by atoms with E-state index >= 15 is 0 Å². The number of allylic oxidation sites excluding steroid dienone is 4. The molecule has 0 radical (unpaired) electrons. The number of ketones is 3. The molecule has 13 nitrogen and oxygen atoms in total. The Bertz CT molecular complexity index is 2310. The molecule has 4 aliphatic rings. The number of carbonyl (C=O) groups is 4. The molecule has 1 aliphatic carbocycles. The third-order valence-electron chi connectivity index (χ3n) is 12.0. The highest BCUT2D eigenvalue weighted by Gasteiger charge is 2.52. The van der Waals surface area contributed by atoms with E-state index in [0.29, 0.717) is 5.69 Å². The second-order valence-corrected chi connectivity index (χ2v) is 16.0. The topological polar surface area (TPSA) is 201 Å². The zero-order valence-electron chi connectivity index (χ0n) is 34.8. The molecule has 0 aromatic heterocycles. The number of rotatable bonds is 4. The van der Waals surface area contributed by atoms with Gasteiger partial charge in [-0.3, -0.25) is 19.2 Å². The van der Waals surface area contributed by atoms with Gasteiger partial charge in [-0.25, -0.2) is 0 Å². The number of aromatic hydroxyl groups is 1. The summed E-state index contributed by atoms with van der Waals surface area (Å²) in [6.07, 6.45) is 3.26. The third kappa shape index (κ3) is 8.05. The predicted octanol–water partition coefficient (Wildman–Crippen LogP) is 6.17. The van der Waals surface area contributed by atoms with Crippen molar-refractivity contribution in [1.82, 2.24) is 5.32 Å². The van der Waals surface area contributed by atoms with Gasteiger partial charge in [0, 0.05) is 54.5 Å². The maximum Gasteiger partial charge on any atom is 0.312 e. The van der Waals surface area contributed by atoms with Gasteiger partial charge >= 0.3 is 5.79 Å². The van der Waals surface area contributed by atoms with Gasteiger partial charge in [0.25, 0.3) is 11.7 Å². The number of nitrogens with one attached hydrogen (secondary N) is 2. The number of ether oxygens (including phenoxy) is 3. The van der Waals surface area contributed by atoms with E-state index in [0.717, 1.165) is 11.1 Å². The highest BCUT2D eigenvalue weighted by atomic mass is 16.7. The fourth-order valence-corrected chi connectivity index (χ4v) is 7.94. The van der Waals surface area contributed by atoms with Crippen LogP contribution in [0.2, 0.25) is 0 Å². The standard InChI is InChI=1S/C47H52N2O11/c1-23-13-12-14-24(2)46(57)49-37-36(48-31-19-17-30(18-20-31)29-15-10-9-11-16-29)42(54)33-34(43(37)55)41(53)28(6)44-35(33)45(56)47(7,60-44)59-22-21-32(58-8)25(3)39(51)27(5)40(52)26(4)38(23)50/h9-23,25-27,32,38-40,48,50-53H,1-8H3,(H,49,57)/b13-12+,22-21+,24-14-/t23-,25+,26+,27+,32-,38-,39+,40-,47-/m0/s1. The van der Waals surface area contributed by atoms with Crippen molar-refractivity contribution < 1.29 is 53.8 Å². The molecule has 0 saturated carbocycles. The summed E-state index contributed by atoms with van der Waals surface area (Å²) in [7, 11) is 1.42. The molecule has 0 fully saturated rings. The first kappa shape index (κ1) is 43.7. The second-order valence-electron chi connectivity index (χ2n) is 16.0. The number of methoxy groups -OCH3 is 1. The van der Waals surface area contributed by atoms with Crippen molar-refractivity contribution in [3.63, 3.8) is 0 Å². The molecule has 3 aromatic carbocycles. The molecule has 316 valence electrons. The van der Waals surface area contributed by atoms with Gasteiger partial charge in [-0.1, -0.05) is 88.4 Å². The summed E-state index contributed by atoms with van der Waals surface area (Å²) in [5.41, 5.74) is 0.317. The number of hydrogen-bond acceptors (Lipinski definition) is 12. The quantitative estimate of drug-likeness (QED) is 0.175. The van der Waals surface area contributed by atoms with E-state index in [1.165, 1.54) is 46.3 Å². The zero-order valence-corrected chi connectivity index (χ0v) is 34.8. The summed E-state index contributed by atoms with van der Waals surface area (Å²) < 4.78 is 17.6. The number of hydrogen-bond donors (Lipinski definition) is 6. The number of aliphatic hydroxyl groups is 3. The third-order valence-corrected chi connectivity index (χ3v) is 12.0. The summed E-state index contributed by atoms with van der Waals surface area (Å²) in [6.45, 7) is 11.1. The number of Topliss-reactive ketones (excluding diaryl/α,β-unsaturated/α-hetero) is 3. The van der Waals surface area contributed by atoms with Crippen molar-refractivity contribution in [2.75, 3.05) is 12.4 Å². The Morgan fingerprint density at radius 2 is 1.38 bits per heavy atom. The van der Waals surface area contributed by atoms with Crippen molar-refractivity contribution >= 4 is 28.9 Å². The molecule has 1 amide bonds. The lowest BCUT2D eigenvalue weighted by atomic mass is 9.78. The Balaban J connectivity index is 1.48. The molecular formula is C47H52N2O11. The molecular weight excluding hydrogens is 769 g/mol. The fourth-order valence-electron chi connectivity index (χ4n) is 7.94. The van der Waals surface area contributed by atoms with Gasteiger partial charge in [0.15, 0.2) is 0 Å². The van der Waals surface area contributed by atoms with Crippen LogP contribution >= 0.6 is 0 Å². The first-order valence-electron chi connectivity index (χ1n) is 19.9. The summed E-state index contributed by atoms with van der Waals surface area (Å²) in [5.74, 6) is -8.74. The summed E-state index contributed by atoms with van der Waals surface area (Å²) in [5, 5.41) is 51.0. The van der Waals surface area contributed by atoms with E-state index in [4.69, 9.17) is 14.2 Å². The van der Waals surface area contributed by atoms with Gasteiger partial charge in [-0.05, 0) is 43.2 Å². The minimum atomic E-state index is -2.08. The van der Waals surface area contributed by atoms with Gasteiger partial charge in [0.2, 0.25) is 11.6 Å². The molecule has 5 bridgehead atoms. The molecule has 0 spiro atoms. The lowest BCUT2D eigenvalue weighted by Crippen LogP contribution is -2.45. The minimum absolute atomic E-state index is 0.00975. The van der Waals surface area contributed by atoms with Gasteiger partial charge in [0.1, 0.15) is 22.9 Å². The number of amides is 1. The average molecular weight is 821 g/mol. The van der Waals surface area contributed by atoms with Crippen LogP contribution in [-0.4, -0.2) is 81.0 Å². The number of aliphatic hydroxyl groups excluding tert-OH is 3. The summed E-state index contributed by atoms with van der Waals surface area (Å²) >= 11 is 0. The monoisotopic (exact) mass is 820 g/mol. The van der Waals surface area contributed by atoms with Crippen LogP contribution in [0.15, 0.2) is 102 Å². The average Bonchev–Trinajstić information content (AvgIpc) is 3.51. The molecule has 3 heterocycles. The smallest absolute Gasteiger partial charge is 0.312 e. The van der Waals surface area contributed by atoms with Crippen LogP contribution in [0.4, 0.5) is 5.69 Å². The number of carbonyl (C=O) groups excluding carboxylic acids is 4. The van der Waals surface area contributed by atoms with Crippen LogP contribution in [0, 0.1) is 30.6 Å². The molecule has 3 aromatic rings. The van der Waals surface area contributed by atoms with Crippen molar-refractivity contribution in [1.29, 1.82) is 0 Å². The lowest BCUT2D eigenvalue weighted by molar-refractivity contribution is -0.116. The first-order chi connectivity index (χ1) is 28.4. The Kier molecular flexibility index (Phi) is 12.7. The Morgan fingerprint density at radius 1 is 0.767 bits per heavy atom. The fraction of sp³-hybridized carbons (Fsp3) is 0.362. The normalized spacial score (nSPS) is 30.8. The largest absolute Gasteiger partial charge is 0.507 e. The number of fused-ring (bicyclic) bond motifs is 14. The van der Waals surface area contributed by atoms with Gasteiger partial charge in [0.05, 0.1) is 47.4 Å². The van der Waals surface area contributed by atoms with E-state index in [1.54, 1.807) is 52.0 Å². The maximum absolute atomic E-state index is 14.8. The molecule has 0 unspecified atom stereocenters. The lowest BCUT2D eigenvalue weighted by Gasteiger charge is -2.36. The van der Waals surface area contributed by atoms with Gasteiger partial charge in [-0.2, -0.15) is 0 Å². The van der Waals surface area contributed by atoms with Crippen LogP contribution in [0.3, 0.4) is 0 Å². The summed E-state index contributed by atoms with van der Waals surface area (Å²) in [4.78, 5) is 57.5. The number of phenols is 1. The molecule has 13 heteroatoms. The van der Waals surface area contributed by atoms with E-state index in [-0.39, 0.29) is 28.1 Å². The highest BCUT2D eigenvalue weighted by molar-refractivity contribution is 6.33. The van der Waals surface area contributed by atoms with E-state index < -0.39 is 99.7 Å². The number of anilines is 1. The van der Waals surface area contributed by atoms with Gasteiger partial charge < -0.3 is 45.3 Å². The van der Waals surface area contributed by atoms with Crippen molar-refractivity contribution in [2.24, 2.45) is 23.7 Å².